The first-order chi connectivity index (χ1) is 4.33. The lowest BCUT2D eigenvalue weighted by atomic mass is 9.96. The van der Waals surface area contributed by atoms with Crippen LogP contribution >= 0.6 is 0 Å². The van der Waals surface area contributed by atoms with Gasteiger partial charge in [-0.15, -0.1) is 0 Å². The van der Waals surface area contributed by atoms with Crippen molar-refractivity contribution in [1.29, 1.82) is 5.26 Å². The number of likely N-dealkylation sites (tertiary alicyclic amines) is 1. The molecule has 9 heavy (non-hydrogen) atoms. The van der Waals surface area contributed by atoms with Crippen molar-refractivity contribution >= 4 is 0 Å². The molecule has 1 fully saturated rings. The minimum absolute atomic E-state index is 0.735. The molecule has 0 atom stereocenters. The fourth-order valence-electron chi connectivity index (χ4n) is 1.28. The van der Waals surface area contributed by atoms with Gasteiger partial charge in [0.25, 0.3) is 0 Å². The Labute approximate surface area is 56.1 Å². The molecule has 1 aliphatic heterocycles. The van der Waals surface area contributed by atoms with Gasteiger partial charge in [0.2, 0.25) is 0 Å². The monoisotopic (exact) mass is 124 g/mol. The zero-order valence-corrected chi connectivity index (χ0v) is 5.80. The largest absolute Gasteiger partial charge is 0.306 e. The van der Waals surface area contributed by atoms with Crippen LogP contribution in [0.2, 0.25) is 0 Å². The van der Waals surface area contributed by atoms with E-state index in [1.54, 1.807) is 0 Å². The summed E-state index contributed by atoms with van der Waals surface area (Å²) < 4.78 is 0. The Balaban J connectivity index is 1.99. The lowest BCUT2D eigenvalue weighted by Crippen LogP contribution is -2.43. The van der Waals surface area contributed by atoms with Crippen molar-refractivity contribution in [2.45, 2.75) is 12.8 Å². The normalized spacial score (nSPS) is 20.9. The lowest BCUT2D eigenvalue weighted by molar-refractivity contribution is 0.128. The van der Waals surface area contributed by atoms with Crippen molar-refractivity contribution in [2.24, 2.45) is 5.92 Å². The Kier molecular flexibility index (Phi) is 2.07. The molecular formula is C7H12N2. The molecule has 0 aromatic rings. The van der Waals surface area contributed by atoms with E-state index in [2.05, 4.69) is 18.0 Å². The molecule has 0 unspecified atom stereocenters. The molecule has 0 aromatic heterocycles. The average Bonchev–Trinajstić information content (AvgIpc) is 1.78. The number of nitrogens with zero attached hydrogens (tertiary/aromatic N) is 2. The third-order valence-electron chi connectivity index (χ3n) is 1.80. The number of hydrogen-bond donors (Lipinski definition) is 0. The molecule has 0 aliphatic carbocycles. The molecule has 0 bridgehead atoms. The quantitative estimate of drug-likeness (QED) is 0.545. The number of rotatable bonds is 2. The van der Waals surface area contributed by atoms with Gasteiger partial charge in [-0.3, -0.25) is 0 Å². The summed E-state index contributed by atoms with van der Waals surface area (Å²) in [6.07, 6.45) is 1.83. The van der Waals surface area contributed by atoms with Gasteiger partial charge in [-0.2, -0.15) is 5.26 Å². The maximum absolute atomic E-state index is 8.24. The SMILES string of the molecule is CN1CC(CCC#N)C1. The Morgan fingerprint density at radius 3 is 2.78 bits per heavy atom. The number of hydrogen-bond acceptors (Lipinski definition) is 2. The lowest BCUT2D eigenvalue weighted by Gasteiger charge is -2.35. The highest BCUT2D eigenvalue weighted by Crippen LogP contribution is 2.17. The average molecular weight is 124 g/mol. The molecular weight excluding hydrogens is 112 g/mol. The second-order valence-corrected chi connectivity index (χ2v) is 2.78. The maximum Gasteiger partial charge on any atom is 0.0621 e. The summed E-state index contributed by atoms with van der Waals surface area (Å²) in [6.45, 7) is 2.39. The van der Waals surface area contributed by atoms with E-state index in [4.69, 9.17) is 5.26 Å². The molecule has 50 valence electrons. The molecule has 2 nitrogen and oxygen atoms in total. The second-order valence-electron chi connectivity index (χ2n) is 2.78. The molecule has 2 heteroatoms. The van der Waals surface area contributed by atoms with E-state index in [9.17, 15) is 0 Å². The Hall–Kier alpha value is -0.550. The van der Waals surface area contributed by atoms with Crippen LogP contribution in [0.15, 0.2) is 0 Å². The molecule has 1 saturated heterocycles. The molecule has 0 amide bonds. The van der Waals surface area contributed by atoms with E-state index in [0.717, 1.165) is 18.8 Å². The minimum atomic E-state index is 0.735. The van der Waals surface area contributed by atoms with E-state index in [1.165, 1.54) is 13.1 Å². The Morgan fingerprint density at radius 1 is 1.67 bits per heavy atom. The van der Waals surface area contributed by atoms with Gasteiger partial charge in [0.15, 0.2) is 0 Å². The van der Waals surface area contributed by atoms with E-state index in [1.807, 2.05) is 0 Å². The highest BCUT2D eigenvalue weighted by atomic mass is 15.2. The van der Waals surface area contributed by atoms with E-state index < -0.39 is 0 Å². The van der Waals surface area contributed by atoms with Gasteiger partial charge in [-0.1, -0.05) is 0 Å². The van der Waals surface area contributed by atoms with Crippen LogP contribution in [0.5, 0.6) is 0 Å². The van der Waals surface area contributed by atoms with Crippen molar-refractivity contribution in [3.05, 3.63) is 0 Å². The standard InChI is InChI=1S/C7H12N2/c1-9-5-7(6-9)3-2-4-8/h7H,2-3,5-6H2,1H3. The van der Waals surface area contributed by atoms with Crippen LogP contribution in [0, 0.1) is 17.2 Å². The summed E-state index contributed by atoms with van der Waals surface area (Å²) in [5.41, 5.74) is 0. The first-order valence-corrected chi connectivity index (χ1v) is 3.38. The zero-order chi connectivity index (χ0) is 6.69. The molecule has 1 aliphatic rings. The summed E-state index contributed by atoms with van der Waals surface area (Å²) in [5.74, 6) is 0.814. The van der Waals surface area contributed by atoms with Gasteiger partial charge >= 0.3 is 0 Å². The fourth-order valence-corrected chi connectivity index (χ4v) is 1.28. The molecule has 0 spiro atoms. The molecule has 0 aromatic carbocycles. The molecule has 0 radical (unpaired) electrons. The predicted octanol–water partition coefficient (Wildman–Crippen LogP) is 0.852. The van der Waals surface area contributed by atoms with Gasteiger partial charge in [0, 0.05) is 19.5 Å². The predicted molar refractivity (Wildman–Crippen MR) is 35.8 cm³/mol. The zero-order valence-electron chi connectivity index (χ0n) is 5.80. The fraction of sp³-hybridized carbons (Fsp3) is 0.857. The van der Waals surface area contributed by atoms with E-state index >= 15 is 0 Å². The third-order valence-corrected chi connectivity index (χ3v) is 1.80. The van der Waals surface area contributed by atoms with Crippen LogP contribution in [-0.2, 0) is 0 Å². The summed E-state index contributed by atoms with van der Waals surface area (Å²) in [7, 11) is 2.11. The van der Waals surface area contributed by atoms with Crippen LogP contribution in [0.25, 0.3) is 0 Å². The first kappa shape index (κ1) is 6.57. The molecule has 1 heterocycles. The molecule has 0 N–H and O–H groups in total. The van der Waals surface area contributed by atoms with Crippen LogP contribution in [-0.4, -0.2) is 25.0 Å². The third kappa shape index (κ3) is 1.69. The van der Waals surface area contributed by atoms with Crippen molar-refractivity contribution in [3.8, 4) is 6.07 Å². The van der Waals surface area contributed by atoms with Crippen LogP contribution in [0.4, 0.5) is 0 Å². The van der Waals surface area contributed by atoms with Crippen molar-refractivity contribution in [2.75, 3.05) is 20.1 Å². The summed E-state index contributed by atoms with van der Waals surface area (Å²) in [4.78, 5) is 2.28. The summed E-state index contributed by atoms with van der Waals surface area (Å²) in [5, 5.41) is 8.24. The Morgan fingerprint density at radius 2 is 2.33 bits per heavy atom. The topological polar surface area (TPSA) is 27.0 Å². The second kappa shape index (κ2) is 2.84. The van der Waals surface area contributed by atoms with E-state index in [0.29, 0.717) is 0 Å². The first-order valence-electron chi connectivity index (χ1n) is 3.38. The van der Waals surface area contributed by atoms with Gasteiger partial charge in [0.1, 0.15) is 0 Å². The summed E-state index contributed by atoms with van der Waals surface area (Å²) >= 11 is 0. The highest BCUT2D eigenvalue weighted by Gasteiger charge is 2.21. The summed E-state index contributed by atoms with van der Waals surface area (Å²) in [6, 6.07) is 2.16. The highest BCUT2D eigenvalue weighted by molar-refractivity contribution is 4.80. The van der Waals surface area contributed by atoms with Crippen LogP contribution < -0.4 is 0 Å². The van der Waals surface area contributed by atoms with Gasteiger partial charge in [0.05, 0.1) is 6.07 Å². The Bertz CT molecular complexity index is 119. The van der Waals surface area contributed by atoms with Crippen LogP contribution in [0.3, 0.4) is 0 Å². The van der Waals surface area contributed by atoms with Crippen molar-refractivity contribution < 1.29 is 0 Å². The van der Waals surface area contributed by atoms with Crippen LogP contribution in [0.1, 0.15) is 12.8 Å². The minimum Gasteiger partial charge on any atom is -0.306 e. The maximum atomic E-state index is 8.24. The van der Waals surface area contributed by atoms with Crippen molar-refractivity contribution in [1.82, 2.24) is 4.90 Å². The molecule has 1 rings (SSSR count). The van der Waals surface area contributed by atoms with E-state index in [-0.39, 0.29) is 0 Å². The molecule has 0 saturated carbocycles. The van der Waals surface area contributed by atoms with Gasteiger partial charge in [-0.25, -0.2) is 0 Å². The van der Waals surface area contributed by atoms with Gasteiger partial charge in [-0.05, 0) is 19.4 Å². The smallest absolute Gasteiger partial charge is 0.0621 e. The number of nitriles is 1. The van der Waals surface area contributed by atoms with Crippen molar-refractivity contribution in [3.63, 3.8) is 0 Å². The van der Waals surface area contributed by atoms with Gasteiger partial charge < -0.3 is 4.90 Å².